The predicted molar refractivity (Wildman–Crippen MR) is 102 cm³/mol. The molecular formula is C21H23NO4S. The molecule has 0 aliphatic heterocycles. The molecule has 0 unspecified atom stereocenters. The first-order chi connectivity index (χ1) is 13.1. The number of benzene rings is 1. The summed E-state index contributed by atoms with van der Waals surface area (Å²) in [6.45, 7) is 0.180. The predicted octanol–water partition coefficient (Wildman–Crippen LogP) is 4.26. The van der Waals surface area contributed by atoms with Crippen molar-refractivity contribution in [1.29, 1.82) is 0 Å². The third-order valence-corrected chi connectivity index (χ3v) is 6.55. The normalized spacial score (nSPS) is 24.5. The van der Waals surface area contributed by atoms with Gasteiger partial charge in [0, 0.05) is 22.8 Å². The summed E-state index contributed by atoms with van der Waals surface area (Å²) >= 11 is 1.52. The van der Waals surface area contributed by atoms with E-state index in [1.807, 2.05) is 29.6 Å². The Bertz CT molecular complexity index is 830. The molecule has 0 N–H and O–H groups in total. The highest BCUT2D eigenvalue weighted by atomic mass is 32.1. The molecule has 0 spiro atoms. The van der Waals surface area contributed by atoms with Gasteiger partial charge < -0.3 is 9.47 Å². The van der Waals surface area contributed by atoms with Gasteiger partial charge in [0.15, 0.2) is 0 Å². The minimum Gasteiger partial charge on any atom is -0.497 e. The lowest BCUT2D eigenvalue weighted by Gasteiger charge is -2.36. The molecule has 4 rings (SSSR count). The lowest BCUT2D eigenvalue weighted by Crippen LogP contribution is -2.39. The molecule has 2 aliphatic carbocycles. The zero-order valence-electron chi connectivity index (χ0n) is 15.3. The molecule has 0 saturated heterocycles. The molecule has 2 aliphatic rings. The molecule has 2 aromatic rings. The lowest BCUT2D eigenvalue weighted by molar-refractivity contribution is -0.154. The van der Waals surface area contributed by atoms with E-state index >= 15 is 0 Å². The number of carbonyl (C=O) groups excluding carboxylic acids is 2. The largest absolute Gasteiger partial charge is 0.497 e. The monoisotopic (exact) mass is 385 g/mol. The highest BCUT2D eigenvalue weighted by Crippen LogP contribution is 2.40. The second kappa shape index (κ2) is 7.80. The fourth-order valence-corrected chi connectivity index (χ4v) is 5.00. The number of ether oxygens (including phenoxy) is 2. The van der Waals surface area contributed by atoms with E-state index in [4.69, 9.17) is 9.47 Å². The van der Waals surface area contributed by atoms with Crippen molar-refractivity contribution in [3.8, 4) is 16.3 Å². The summed E-state index contributed by atoms with van der Waals surface area (Å²) in [5.41, 5.74) is 1.73. The summed E-state index contributed by atoms with van der Waals surface area (Å²) in [4.78, 5) is 29.2. The van der Waals surface area contributed by atoms with Gasteiger partial charge in [0.1, 0.15) is 23.1 Å². The molecule has 6 heteroatoms. The van der Waals surface area contributed by atoms with Gasteiger partial charge in [0.05, 0.1) is 18.7 Å². The molecule has 1 aromatic heterocycles. The van der Waals surface area contributed by atoms with Crippen molar-refractivity contribution >= 4 is 23.1 Å². The standard InChI is InChI=1S/C21H23NO4S/c1-25-18-7-3-6-15(10-18)20-22-17(12-27-20)11-26-21(24)16-8-13-4-2-5-14(9-16)19(13)23/h3,6-7,10,12-14,16H,2,4-5,8-9,11H2,1H3/t13-,14-/m1/s1. The number of carbonyl (C=O) groups is 2. The van der Waals surface area contributed by atoms with E-state index in [1.54, 1.807) is 7.11 Å². The molecule has 1 aromatic carbocycles. The van der Waals surface area contributed by atoms with Crippen LogP contribution in [-0.4, -0.2) is 23.8 Å². The first kappa shape index (κ1) is 18.2. The van der Waals surface area contributed by atoms with Gasteiger partial charge in [-0.15, -0.1) is 11.3 Å². The Labute approximate surface area is 162 Å². The van der Waals surface area contributed by atoms with Crippen molar-refractivity contribution in [3.63, 3.8) is 0 Å². The molecule has 5 nitrogen and oxygen atoms in total. The molecule has 0 radical (unpaired) electrons. The fourth-order valence-electron chi connectivity index (χ4n) is 4.20. The first-order valence-electron chi connectivity index (χ1n) is 9.43. The number of thiazole rings is 1. The van der Waals surface area contributed by atoms with Gasteiger partial charge in [-0.25, -0.2) is 4.98 Å². The summed E-state index contributed by atoms with van der Waals surface area (Å²) in [5, 5.41) is 2.79. The van der Waals surface area contributed by atoms with Gasteiger partial charge in [0.25, 0.3) is 0 Å². The number of fused-ring (bicyclic) bond motifs is 2. The van der Waals surface area contributed by atoms with E-state index in [-0.39, 0.29) is 30.3 Å². The van der Waals surface area contributed by atoms with Crippen LogP contribution in [0.1, 0.15) is 37.8 Å². The number of hydrogen-bond acceptors (Lipinski definition) is 6. The number of aromatic nitrogens is 1. The number of rotatable bonds is 5. The summed E-state index contributed by atoms with van der Waals surface area (Å²) in [6, 6.07) is 7.74. The topological polar surface area (TPSA) is 65.5 Å². The van der Waals surface area contributed by atoms with Crippen LogP contribution < -0.4 is 4.74 Å². The van der Waals surface area contributed by atoms with E-state index in [1.165, 1.54) is 11.3 Å². The molecule has 2 saturated carbocycles. The van der Waals surface area contributed by atoms with Crippen molar-refractivity contribution in [1.82, 2.24) is 4.98 Å². The van der Waals surface area contributed by atoms with Crippen LogP contribution in [0.4, 0.5) is 0 Å². The first-order valence-corrected chi connectivity index (χ1v) is 10.3. The quantitative estimate of drug-likeness (QED) is 0.720. The maximum absolute atomic E-state index is 12.5. The van der Waals surface area contributed by atoms with Crippen molar-refractivity contribution in [2.24, 2.45) is 17.8 Å². The zero-order valence-corrected chi connectivity index (χ0v) is 16.2. The van der Waals surface area contributed by atoms with Crippen LogP contribution >= 0.6 is 11.3 Å². The van der Waals surface area contributed by atoms with E-state index < -0.39 is 0 Å². The molecule has 0 amide bonds. The van der Waals surface area contributed by atoms with Gasteiger partial charge in [-0.2, -0.15) is 0 Å². The van der Waals surface area contributed by atoms with Crippen LogP contribution in [0, 0.1) is 17.8 Å². The maximum atomic E-state index is 12.5. The van der Waals surface area contributed by atoms with Crippen LogP contribution in [0.5, 0.6) is 5.75 Å². The Morgan fingerprint density at radius 2 is 2.04 bits per heavy atom. The molecular weight excluding hydrogens is 362 g/mol. The fraction of sp³-hybridized carbons (Fsp3) is 0.476. The third kappa shape index (κ3) is 3.90. The minimum absolute atomic E-state index is 0.0639. The smallest absolute Gasteiger partial charge is 0.309 e. The van der Waals surface area contributed by atoms with Gasteiger partial charge in [-0.3, -0.25) is 9.59 Å². The number of Topliss-reactive ketones (excluding diaryl/α,β-unsaturated/α-hetero) is 1. The van der Waals surface area contributed by atoms with Gasteiger partial charge in [-0.1, -0.05) is 18.6 Å². The molecule has 27 heavy (non-hydrogen) atoms. The second-order valence-corrected chi connectivity index (χ2v) is 8.24. The van der Waals surface area contributed by atoms with Crippen molar-refractivity contribution < 1.29 is 19.1 Å². The van der Waals surface area contributed by atoms with Crippen LogP contribution in [0.3, 0.4) is 0 Å². The SMILES string of the molecule is COc1cccc(-c2nc(COC(=O)C3C[C@H]4CCC[C@H](C3)C4=O)cs2)c1. The van der Waals surface area contributed by atoms with Gasteiger partial charge in [-0.05, 0) is 37.8 Å². The number of ketones is 1. The Hall–Kier alpha value is -2.21. The lowest BCUT2D eigenvalue weighted by atomic mass is 9.67. The molecule has 142 valence electrons. The summed E-state index contributed by atoms with van der Waals surface area (Å²) in [7, 11) is 1.64. The van der Waals surface area contributed by atoms with Gasteiger partial charge >= 0.3 is 5.97 Å². The molecule has 2 atom stereocenters. The summed E-state index contributed by atoms with van der Waals surface area (Å²) < 4.78 is 10.8. The van der Waals surface area contributed by atoms with E-state index in [2.05, 4.69) is 4.98 Å². The number of methoxy groups -OCH3 is 1. The number of hydrogen-bond donors (Lipinski definition) is 0. The minimum atomic E-state index is -0.185. The molecule has 2 bridgehead atoms. The highest BCUT2D eigenvalue weighted by Gasteiger charge is 2.41. The van der Waals surface area contributed by atoms with E-state index in [0.29, 0.717) is 18.6 Å². The van der Waals surface area contributed by atoms with Crippen molar-refractivity contribution in [2.45, 2.75) is 38.7 Å². The number of esters is 1. The van der Waals surface area contributed by atoms with Crippen molar-refractivity contribution in [2.75, 3.05) is 7.11 Å². The van der Waals surface area contributed by atoms with E-state index in [0.717, 1.165) is 41.3 Å². The average Bonchev–Trinajstić information content (AvgIpc) is 3.15. The van der Waals surface area contributed by atoms with Crippen LogP contribution in [-0.2, 0) is 20.9 Å². The van der Waals surface area contributed by atoms with Crippen LogP contribution in [0.15, 0.2) is 29.6 Å². The maximum Gasteiger partial charge on any atom is 0.309 e. The second-order valence-electron chi connectivity index (χ2n) is 7.38. The van der Waals surface area contributed by atoms with Crippen molar-refractivity contribution in [3.05, 3.63) is 35.3 Å². The summed E-state index contributed by atoms with van der Waals surface area (Å²) in [5.74, 6) is 0.952. The van der Waals surface area contributed by atoms with Gasteiger partial charge in [0.2, 0.25) is 0 Å². The zero-order chi connectivity index (χ0) is 18.8. The van der Waals surface area contributed by atoms with E-state index in [9.17, 15) is 9.59 Å². The Morgan fingerprint density at radius 1 is 1.26 bits per heavy atom. The Balaban J connectivity index is 1.36. The average molecular weight is 385 g/mol. The van der Waals surface area contributed by atoms with Crippen LogP contribution in [0.25, 0.3) is 10.6 Å². The van der Waals surface area contributed by atoms with Crippen LogP contribution in [0.2, 0.25) is 0 Å². The summed E-state index contributed by atoms with van der Waals surface area (Å²) in [6.07, 6.45) is 4.26. The highest BCUT2D eigenvalue weighted by molar-refractivity contribution is 7.13. The molecule has 1 heterocycles. The number of nitrogens with zero attached hydrogens (tertiary/aromatic N) is 1. The Kier molecular flexibility index (Phi) is 5.25. The Morgan fingerprint density at radius 3 is 2.78 bits per heavy atom. The third-order valence-electron chi connectivity index (χ3n) is 5.61. The molecule has 2 fully saturated rings.